The Balaban J connectivity index is 1.56. The number of ether oxygens (including phenoxy) is 5. The predicted molar refractivity (Wildman–Crippen MR) is 181 cm³/mol. The highest BCUT2D eigenvalue weighted by molar-refractivity contribution is 14.1. The molecule has 1 aromatic heterocycles. The van der Waals surface area contributed by atoms with E-state index < -0.39 is 12.0 Å². The summed E-state index contributed by atoms with van der Waals surface area (Å²) in [5.41, 5.74) is 3.58. The highest BCUT2D eigenvalue weighted by Gasteiger charge is 2.31. The molecular weight excluding hydrogens is 707 g/mol. The van der Waals surface area contributed by atoms with Gasteiger partial charge in [0.2, 0.25) is 0 Å². The molecule has 1 aliphatic heterocycles. The van der Waals surface area contributed by atoms with Gasteiger partial charge in [0.1, 0.15) is 6.61 Å². The Bertz CT molecular complexity index is 1930. The minimum atomic E-state index is -0.780. The Morgan fingerprint density at radius 2 is 1.71 bits per heavy atom. The number of nitrogens with zero attached hydrogens (tertiary/aromatic N) is 2. The molecule has 0 unspecified atom stereocenters. The molecule has 4 aromatic rings. The molecule has 0 saturated heterocycles. The Hall–Kier alpha value is -4.10. The molecule has 234 valence electrons. The summed E-state index contributed by atoms with van der Waals surface area (Å²) in [5, 5.41) is 0. The molecule has 5 rings (SSSR count). The standard InChI is InChI=1S/C34H33IN2O7S/c1-6-42-26-13-12-23(17-27(26)43-7-2)30-24(33(39)41-5)18-36-34-37(30)32(38)29(45-34)16-22-14-25(35)31(28(15-22)40-4)44-19-21-10-8-20(3)9-11-21/h8-18,30H,6-7,19H2,1-5H3/b29-16-/t30-/m1/s1. The molecule has 0 fully saturated rings. The van der Waals surface area contributed by atoms with Crippen molar-refractivity contribution in [3.05, 3.63) is 112 Å². The van der Waals surface area contributed by atoms with Gasteiger partial charge in [-0.15, -0.1) is 0 Å². The fraction of sp³-hybridized carbons (Fsp3) is 0.265. The van der Waals surface area contributed by atoms with Gasteiger partial charge in [-0.1, -0.05) is 47.2 Å². The first-order valence-electron chi connectivity index (χ1n) is 14.3. The SMILES string of the molecule is CCOc1ccc([C@@H]2C(C(=O)OC)=CN=c3s/c(=C\c4cc(I)c(OCc5ccc(C)cc5)c(OC)c4)c(=O)n32)cc1OCC. The third-order valence-electron chi connectivity index (χ3n) is 7.06. The van der Waals surface area contributed by atoms with E-state index in [-0.39, 0.29) is 11.1 Å². The number of rotatable bonds is 11. The summed E-state index contributed by atoms with van der Waals surface area (Å²) in [6.45, 7) is 7.09. The number of hydrogen-bond donors (Lipinski definition) is 0. The maximum absolute atomic E-state index is 14.0. The lowest BCUT2D eigenvalue weighted by Gasteiger charge is -2.23. The monoisotopic (exact) mass is 740 g/mol. The van der Waals surface area contributed by atoms with Crippen molar-refractivity contribution in [1.29, 1.82) is 0 Å². The number of fused-ring (bicyclic) bond motifs is 1. The minimum Gasteiger partial charge on any atom is -0.493 e. The van der Waals surface area contributed by atoms with Gasteiger partial charge in [0.25, 0.3) is 5.56 Å². The number of hydrogen-bond acceptors (Lipinski definition) is 9. The zero-order valence-electron chi connectivity index (χ0n) is 25.6. The molecule has 9 nitrogen and oxygen atoms in total. The van der Waals surface area contributed by atoms with Crippen molar-refractivity contribution < 1.29 is 28.5 Å². The van der Waals surface area contributed by atoms with E-state index in [1.807, 2.05) is 63.2 Å². The third-order valence-corrected chi connectivity index (χ3v) is 8.86. The number of halogens is 1. The maximum Gasteiger partial charge on any atom is 0.337 e. The normalized spacial score (nSPS) is 14.2. The number of aryl methyl sites for hydroxylation is 1. The summed E-state index contributed by atoms with van der Waals surface area (Å²) in [7, 11) is 2.89. The fourth-order valence-corrected chi connectivity index (χ4v) is 6.69. The van der Waals surface area contributed by atoms with Crippen LogP contribution in [-0.4, -0.2) is 38.0 Å². The summed E-state index contributed by atoms with van der Waals surface area (Å²) in [4.78, 5) is 31.8. The second kappa shape index (κ2) is 14.3. The van der Waals surface area contributed by atoms with Crippen molar-refractivity contribution in [2.75, 3.05) is 27.4 Å². The first-order chi connectivity index (χ1) is 21.8. The van der Waals surface area contributed by atoms with Gasteiger partial charge in [-0.3, -0.25) is 9.36 Å². The lowest BCUT2D eigenvalue weighted by molar-refractivity contribution is -0.136. The van der Waals surface area contributed by atoms with E-state index in [2.05, 4.69) is 27.6 Å². The van der Waals surface area contributed by atoms with Crippen LogP contribution in [0.3, 0.4) is 0 Å². The number of carbonyl (C=O) groups excluding carboxylic acids is 1. The molecule has 0 aliphatic carbocycles. The zero-order chi connectivity index (χ0) is 32.1. The van der Waals surface area contributed by atoms with E-state index in [9.17, 15) is 9.59 Å². The minimum absolute atomic E-state index is 0.231. The maximum atomic E-state index is 14.0. The molecule has 0 saturated carbocycles. The number of aromatic nitrogens is 1. The average molecular weight is 741 g/mol. The van der Waals surface area contributed by atoms with E-state index in [1.165, 1.54) is 34.8 Å². The molecule has 1 aliphatic rings. The Labute approximate surface area is 278 Å². The lowest BCUT2D eigenvalue weighted by atomic mass is 9.97. The van der Waals surface area contributed by atoms with Crippen LogP contribution in [0.4, 0.5) is 0 Å². The van der Waals surface area contributed by atoms with Gasteiger partial charge in [-0.05, 0) is 90.4 Å². The Morgan fingerprint density at radius 1 is 0.978 bits per heavy atom. The first kappa shape index (κ1) is 32.3. The number of carbonyl (C=O) groups is 1. The van der Waals surface area contributed by atoms with Crippen molar-refractivity contribution in [2.24, 2.45) is 4.99 Å². The smallest absolute Gasteiger partial charge is 0.337 e. The largest absolute Gasteiger partial charge is 0.493 e. The molecule has 11 heteroatoms. The van der Waals surface area contributed by atoms with Crippen LogP contribution in [0.5, 0.6) is 23.0 Å². The Morgan fingerprint density at radius 3 is 2.40 bits per heavy atom. The van der Waals surface area contributed by atoms with Gasteiger partial charge >= 0.3 is 5.97 Å². The third kappa shape index (κ3) is 6.94. The van der Waals surface area contributed by atoms with Gasteiger partial charge in [-0.2, -0.15) is 0 Å². The van der Waals surface area contributed by atoms with E-state index in [0.29, 0.717) is 57.7 Å². The second-order valence-corrected chi connectivity index (χ2v) is 12.2. The van der Waals surface area contributed by atoms with Crippen LogP contribution >= 0.6 is 33.9 Å². The highest BCUT2D eigenvalue weighted by atomic mass is 127. The van der Waals surface area contributed by atoms with Crippen LogP contribution in [0, 0.1) is 10.5 Å². The van der Waals surface area contributed by atoms with Gasteiger partial charge in [0, 0.05) is 6.20 Å². The molecule has 0 bridgehead atoms. The number of esters is 1. The zero-order valence-corrected chi connectivity index (χ0v) is 28.6. The second-order valence-electron chi connectivity index (χ2n) is 10.1. The molecule has 0 amide bonds. The molecular formula is C34H33IN2O7S. The highest BCUT2D eigenvalue weighted by Crippen LogP contribution is 2.36. The van der Waals surface area contributed by atoms with Gasteiger partial charge in [0.15, 0.2) is 27.8 Å². The molecule has 0 N–H and O–H groups in total. The van der Waals surface area contributed by atoms with Gasteiger partial charge < -0.3 is 23.7 Å². The van der Waals surface area contributed by atoms with E-state index in [0.717, 1.165) is 14.7 Å². The quantitative estimate of drug-likeness (QED) is 0.152. The van der Waals surface area contributed by atoms with Crippen molar-refractivity contribution in [3.8, 4) is 23.0 Å². The number of methoxy groups -OCH3 is 2. The molecule has 45 heavy (non-hydrogen) atoms. The van der Waals surface area contributed by atoms with Crippen molar-refractivity contribution in [3.63, 3.8) is 0 Å². The van der Waals surface area contributed by atoms with Crippen molar-refractivity contribution in [1.82, 2.24) is 4.57 Å². The Kier molecular flexibility index (Phi) is 10.3. The summed E-state index contributed by atoms with van der Waals surface area (Å²) < 4.78 is 31.3. The molecule has 0 spiro atoms. The predicted octanol–water partition coefficient (Wildman–Crippen LogP) is 5.32. The molecule has 1 atom stereocenters. The number of benzene rings is 3. The first-order valence-corrected chi connectivity index (χ1v) is 16.2. The van der Waals surface area contributed by atoms with Crippen LogP contribution < -0.4 is 33.8 Å². The number of thiazole rings is 1. The lowest BCUT2D eigenvalue weighted by Crippen LogP contribution is -2.39. The van der Waals surface area contributed by atoms with E-state index >= 15 is 0 Å². The summed E-state index contributed by atoms with van der Waals surface area (Å²) in [6, 6.07) is 16.6. The van der Waals surface area contributed by atoms with Gasteiger partial charge in [0.05, 0.1) is 47.2 Å². The van der Waals surface area contributed by atoms with Gasteiger partial charge in [-0.25, -0.2) is 9.79 Å². The van der Waals surface area contributed by atoms with E-state index in [4.69, 9.17) is 23.7 Å². The van der Waals surface area contributed by atoms with Crippen LogP contribution in [0.15, 0.2) is 76.2 Å². The van der Waals surface area contributed by atoms with E-state index in [1.54, 1.807) is 25.3 Å². The summed E-state index contributed by atoms with van der Waals surface area (Å²) in [5.74, 6) is 1.70. The van der Waals surface area contributed by atoms with Crippen LogP contribution in [0.1, 0.15) is 42.1 Å². The van der Waals surface area contributed by atoms with Crippen molar-refractivity contribution in [2.45, 2.75) is 33.4 Å². The molecule has 2 heterocycles. The van der Waals surface area contributed by atoms with Crippen LogP contribution in [0.25, 0.3) is 6.08 Å². The topological polar surface area (TPSA) is 97.6 Å². The average Bonchev–Trinajstić information content (AvgIpc) is 3.35. The molecule has 0 radical (unpaired) electrons. The fourth-order valence-electron chi connectivity index (χ4n) is 4.94. The van der Waals surface area contributed by atoms with Crippen molar-refractivity contribution >= 4 is 46.0 Å². The molecule has 3 aromatic carbocycles. The van der Waals surface area contributed by atoms with Crippen LogP contribution in [-0.2, 0) is 16.1 Å². The summed E-state index contributed by atoms with van der Waals surface area (Å²) in [6.07, 6.45) is 3.26. The summed E-state index contributed by atoms with van der Waals surface area (Å²) >= 11 is 3.44. The van der Waals surface area contributed by atoms with Crippen LogP contribution in [0.2, 0.25) is 0 Å².